The molecule has 21 heavy (non-hydrogen) atoms. The predicted molar refractivity (Wildman–Crippen MR) is 77.2 cm³/mol. The summed E-state index contributed by atoms with van der Waals surface area (Å²) < 4.78 is 0. The third-order valence-electron chi connectivity index (χ3n) is 3.50. The van der Waals surface area contributed by atoms with Crippen LogP contribution >= 0.6 is 0 Å². The van der Waals surface area contributed by atoms with Crippen molar-refractivity contribution in [2.24, 2.45) is 0 Å². The fourth-order valence-electron chi connectivity index (χ4n) is 2.43. The number of allylic oxidation sites excluding steroid dienone is 1. The molecule has 0 saturated carbocycles. The van der Waals surface area contributed by atoms with E-state index in [1.165, 1.54) is 12.1 Å². The zero-order valence-electron chi connectivity index (χ0n) is 10.9. The van der Waals surface area contributed by atoms with E-state index in [4.69, 9.17) is 0 Å². The summed E-state index contributed by atoms with van der Waals surface area (Å²) in [5, 5.41) is 20.4. The molecular weight excluding hydrogens is 270 g/mol. The van der Waals surface area contributed by atoms with Gasteiger partial charge in [-0.05, 0) is 29.8 Å². The third kappa shape index (κ3) is 2.29. The highest BCUT2D eigenvalue weighted by Crippen LogP contribution is 2.33. The number of phenols is 1. The molecule has 2 aromatic rings. The summed E-state index contributed by atoms with van der Waals surface area (Å²) in [7, 11) is 0. The van der Waals surface area contributed by atoms with Crippen LogP contribution in [0.1, 0.15) is 21.5 Å². The van der Waals surface area contributed by atoms with Crippen LogP contribution in [0.3, 0.4) is 0 Å². The van der Waals surface area contributed by atoms with Crippen LogP contribution in [0.25, 0.3) is 6.08 Å². The molecule has 0 saturated heterocycles. The minimum atomic E-state index is -0.467. The number of rotatable bonds is 2. The van der Waals surface area contributed by atoms with Crippen LogP contribution in [0, 0.1) is 10.1 Å². The molecule has 0 radical (unpaired) electrons. The molecule has 2 aromatic carbocycles. The summed E-state index contributed by atoms with van der Waals surface area (Å²) in [6.07, 6.45) is 2.07. The molecule has 3 rings (SSSR count). The number of phenolic OH excluding ortho intramolecular Hbond substituents is 1. The number of hydrogen-bond acceptors (Lipinski definition) is 4. The maximum Gasteiger partial charge on any atom is 0.269 e. The number of non-ortho nitro benzene ring substituents is 1. The third-order valence-corrected chi connectivity index (χ3v) is 3.50. The Morgan fingerprint density at radius 2 is 1.86 bits per heavy atom. The number of fused-ring (bicyclic) bond motifs is 1. The van der Waals surface area contributed by atoms with Gasteiger partial charge in [0.2, 0.25) is 0 Å². The van der Waals surface area contributed by atoms with Gasteiger partial charge in [0, 0.05) is 35.3 Å². The second-order valence-corrected chi connectivity index (χ2v) is 4.83. The first-order chi connectivity index (χ1) is 10.1. The van der Waals surface area contributed by atoms with Crippen molar-refractivity contribution in [2.45, 2.75) is 6.42 Å². The molecule has 0 aromatic heterocycles. The molecule has 0 bridgehead atoms. The number of carbonyl (C=O) groups is 1. The molecule has 5 heteroatoms. The second-order valence-electron chi connectivity index (χ2n) is 4.83. The Hall–Kier alpha value is -2.95. The van der Waals surface area contributed by atoms with Crippen molar-refractivity contribution in [1.82, 2.24) is 0 Å². The summed E-state index contributed by atoms with van der Waals surface area (Å²) >= 11 is 0. The van der Waals surface area contributed by atoms with Crippen molar-refractivity contribution in [3.8, 4) is 5.75 Å². The summed E-state index contributed by atoms with van der Waals surface area (Å²) in [6.45, 7) is 0. The smallest absolute Gasteiger partial charge is 0.269 e. The molecule has 0 spiro atoms. The average Bonchev–Trinajstić information content (AvgIpc) is 2.78. The molecule has 0 unspecified atom stereocenters. The van der Waals surface area contributed by atoms with Gasteiger partial charge in [-0.15, -0.1) is 0 Å². The molecule has 0 aliphatic heterocycles. The van der Waals surface area contributed by atoms with Crippen molar-refractivity contribution in [1.29, 1.82) is 0 Å². The van der Waals surface area contributed by atoms with Gasteiger partial charge in [-0.25, -0.2) is 0 Å². The largest absolute Gasteiger partial charge is 0.508 e. The maximum absolute atomic E-state index is 12.2. The number of nitro groups is 1. The number of ketones is 1. The van der Waals surface area contributed by atoms with Crippen molar-refractivity contribution in [2.75, 3.05) is 0 Å². The van der Waals surface area contributed by atoms with E-state index in [9.17, 15) is 20.0 Å². The number of carbonyl (C=O) groups excluding carboxylic acids is 1. The van der Waals surface area contributed by atoms with E-state index in [0.717, 1.165) is 5.56 Å². The maximum atomic E-state index is 12.2. The quantitative estimate of drug-likeness (QED) is 0.521. The molecule has 0 atom stereocenters. The van der Waals surface area contributed by atoms with Gasteiger partial charge >= 0.3 is 0 Å². The second kappa shape index (κ2) is 4.86. The normalized spacial score (nSPS) is 15.2. The van der Waals surface area contributed by atoms with Crippen LogP contribution in [0.15, 0.2) is 48.0 Å². The molecule has 104 valence electrons. The first kappa shape index (κ1) is 13.1. The summed E-state index contributed by atoms with van der Waals surface area (Å²) in [4.78, 5) is 22.4. The van der Waals surface area contributed by atoms with Crippen LogP contribution < -0.4 is 0 Å². The predicted octanol–water partition coefficient (Wildman–Crippen LogP) is 3.12. The van der Waals surface area contributed by atoms with Gasteiger partial charge in [0.25, 0.3) is 5.69 Å². The van der Waals surface area contributed by atoms with Crippen molar-refractivity contribution >= 4 is 17.5 Å². The zero-order valence-corrected chi connectivity index (χ0v) is 10.9. The van der Waals surface area contributed by atoms with Crippen molar-refractivity contribution < 1.29 is 14.8 Å². The Balaban J connectivity index is 1.94. The fourth-order valence-corrected chi connectivity index (χ4v) is 2.43. The number of nitrogens with zero attached hydrogens (tertiary/aromatic N) is 1. The molecule has 1 aliphatic rings. The number of nitro benzene ring substituents is 1. The minimum absolute atomic E-state index is 0.0100. The Kier molecular flexibility index (Phi) is 3.02. The summed E-state index contributed by atoms with van der Waals surface area (Å²) in [5.41, 5.74) is 2.45. The Labute approximate surface area is 120 Å². The van der Waals surface area contributed by atoms with Crippen molar-refractivity contribution in [3.63, 3.8) is 0 Å². The molecule has 1 aliphatic carbocycles. The van der Waals surface area contributed by atoms with Gasteiger partial charge in [-0.3, -0.25) is 14.9 Å². The Bertz CT molecular complexity index is 775. The summed E-state index contributed by atoms with van der Waals surface area (Å²) in [6, 6.07) is 10.9. The molecule has 1 N–H and O–H groups in total. The van der Waals surface area contributed by atoms with Crippen LogP contribution in [0.2, 0.25) is 0 Å². The highest BCUT2D eigenvalue weighted by molar-refractivity contribution is 6.16. The van der Waals surface area contributed by atoms with E-state index in [0.29, 0.717) is 23.1 Å². The van der Waals surface area contributed by atoms with Gasteiger partial charge in [-0.1, -0.05) is 12.1 Å². The molecule has 5 nitrogen and oxygen atoms in total. The van der Waals surface area contributed by atoms with Crippen molar-refractivity contribution in [3.05, 3.63) is 74.8 Å². The standard InChI is InChI=1S/C16H11NO4/c18-15-3-1-2-13-14(15)9-11(16(13)19)8-10-4-6-12(7-5-10)17(20)21/h1-8,18H,9H2. The first-order valence-corrected chi connectivity index (χ1v) is 6.37. The zero-order chi connectivity index (χ0) is 15.0. The minimum Gasteiger partial charge on any atom is -0.508 e. The lowest BCUT2D eigenvalue weighted by molar-refractivity contribution is -0.384. The van der Waals surface area contributed by atoms with Crippen LogP contribution in [-0.4, -0.2) is 15.8 Å². The number of hydrogen-bond donors (Lipinski definition) is 1. The van der Waals surface area contributed by atoms with E-state index < -0.39 is 4.92 Å². The van der Waals surface area contributed by atoms with Crippen LogP contribution in [0.4, 0.5) is 5.69 Å². The van der Waals surface area contributed by atoms with E-state index in [1.807, 2.05) is 0 Å². The average molecular weight is 281 g/mol. The Morgan fingerprint density at radius 3 is 2.48 bits per heavy atom. The van der Waals surface area contributed by atoms with Gasteiger partial charge in [0.05, 0.1) is 4.92 Å². The lowest BCUT2D eigenvalue weighted by Gasteiger charge is -1.98. The monoisotopic (exact) mass is 281 g/mol. The SMILES string of the molecule is O=C1C(=Cc2ccc([N+](=O)[O-])cc2)Cc2c(O)cccc21. The molecule has 0 heterocycles. The molecular formula is C16H11NO4. The van der Waals surface area contributed by atoms with Crippen LogP contribution in [0.5, 0.6) is 5.75 Å². The van der Waals surface area contributed by atoms with E-state index >= 15 is 0 Å². The molecule has 0 fully saturated rings. The lowest BCUT2D eigenvalue weighted by Crippen LogP contribution is -1.95. The van der Waals surface area contributed by atoms with E-state index in [2.05, 4.69) is 0 Å². The topological polar surface area (TPSA) is 80.4 Å². The number of Topliss-reactive ketones (excluding diaryl/α,β-unsaturated/α-hetero) is 1. The fraction of sp³-hybridized carbons (Fsp3) is 0.0625. The molecule has 0 amide bonds. The van der Waals surface area contributed by atoms with E-state index in [-0.39, 0.29) is 17.2 Å². The van der Waals surface area contributed by atoms with E-state index in [1.54, 1.807) is 36.4 Å². The number of aromatic hydroxyl groups is 1. The van der Waals surface area contributed by atoms with Gasteiger partial charge in [0.15, 0.2) is 5.78 Å². The van der Waals surface area contributed by atoms with Gasteiger partial charge in [-0.2, -0.15) is 0 Å². The van der Waals surface area contributed by atoms with Gasteiger partial charge in [0.1, 0.15) is 5.75 Å². The Morgan fingerprint density at radius 1 is 1.14 bits per heavy atom. The first-order valence-electron chi connectivity index (χ1n) is 6.37. The number of benzene rings is 2. The highest BCUT2D eigenvalue weighted by atomic mass is 16.6. The lowest BCUT2D eigenvalue weighted by atomic mass is 10.1. The summed E-state index contributed by atoms with van der Waals surface area (Å²) in [5.74, 6) is 0.00667. The van der Waals surface area contributed by atoms with Crippen LogP contribution in [-0.2, 0) is 6.42 Å². The van der Waals surface area contributed by atoms with Gasteiger partial charge < -0.3 is 5.11 Å². The highest BCUT2D eigenvalue weighted by Gasteiger charge is 2.26.